The zero-order valence-electron chi connectivity index (χ0n) is 28.2. The fourth-order valence-corrected chi connectivity index (χ4v) is 6.63. The minimum Gasteiger partial charge on any atom is -0.372 e. The molecule has 5 heterocycles. The summed E-state index contributed by atoms with van der Waals surface area (Å²) in [6, 6.07) is 15.7. The molecule has 240 valence electrons. The van der Waals surface area contributed by atoms with Crippen LogP contribution in [0.5, 0.6) is 0 Å². The lowest BCUT2D eigenvalue weighted by Gasteiger charge is -2.41. The van der Waals surface area contributed by atoms with Crippen molar-refractivity contribution >= 4 is 22.3 Å². The van der Waals surface area contributed by atoms with Gasteiger partial charge in [-0.3, -0.25) is 4.90 Å². The maximum Gasteiger partial charge on any atom is 0.136 e. The number of benzene rings is 2. The van der Waals surface area contributed by atoms with Crippen molar-refractivity contribution in [1.82, 2.24) is 24.7 Å². The minimum absolute atomic E-state index is 0.248. The van der Waals surface area contributed by atoms with Crippen molar-refractivity contribution in [2.24, 2.45) is 0 Å². The number of allylic oxidation sites excluding steroid dienone is 1. The summed E-state index contributed by atoms with van der Waals surface area (Å²) in [4.78, 5) is 21.8. The summed E-state index contributed by atoms with van der Waals surface area (Å²) < 4.78 is 0. The molecule has 3 aromatic rings. The molecule has 0 bridgehead atoms. The van der Waals surface area contributed by atoms with Crippen molar-refractivity contribution in [3.63, 3.8) is 0 Å². The van der Waals surface area contributed by atoms with Crippen molar-refractivity contribution in [3.05, 3.63) is 71.3 Å². The van der Waals surface area contributed by atoms with E-state index in [0.29, 0.717) is 6.42 Å². The number of anilines is 2. The monoisotopic (exact) mass is 608 g/mol. The van der Waals surface area contributed by atoms with Gasteiger partial charge < -0.3 is 19.6 Å². The van der Waals surface area contributed by atoms with Gasteiger partial charge >= 0.3 is 0 Å². The summed E-state index contributed by atoms with van der Waals surface area (Å²) in [6.07, 6.45) is 5.14. The van der Waals surface area contributed by atoms with Crippen LogP contribution in [0.25, 0.3) is 10.8 Å². The SMILES string of the molecule is C=C(C)N1CC1.CCc1nc2c(c(N3CCN(C)C(CC#N)C3)n1)CCN(c1cccc3cccc(C)c13)C2.CN1CCCC1. The number of hydrogen-bond acceptors (Lipinski definition) is 8. The molecule has 4 aliphatic rings. The number of aromatic nitrogens is 2. The first-order valence-corrected chi connectivity index (χ1v) is 16.8. The molecule has 0 spiro atoms. The maximum absolute atomic E-state index is 9.27. The van der Waals surface area contributed by atoms with Gasteiger partial charge in [-0.2, -0.15) is 5.26 Å². The first kappa shape index (κ1) is 32.7. The smallest absolute Gasteiger partial charge is 0.136 e. The fourth-order valence-electron chi connectivity index (χ4n) is 6.63. The van der Waals surface area contributed by atoms with Crippen molar-refractivity contribution in [1.29, 1.82) is 5.26 Å². The largest absolute Gasteiger partial charge is 0.372 e. The quantitative estimate of drug-likeness (QED) is 0.345. The third-order valence-corrected chi connectivity index (χ3v) is 9.56. The van der Waals surface area contributed by atoms with E-state index in [0.717, 1.165) is 62.9 Å². The molecule has 1 atom stereocenters. The minimum atomic E-state index is 0.248. The number of fused-ring (bicyclic) bond motifs is 2. The summed E-state index contributed by atoms with van der Waals surface area (Å²) in [5.41, 5.74) is 6.26. The number of likely N-dealkylation sites (N-methyl/N-ethyl adjacent to an activating group) is 1. The predicted octanol–water partition coefficient (Wildman–Crippen LogP) is 5.65. The summed E-state index contributed by atoms with van der Waals surface area (Å²) in [7, 11) is 4.29. The molecule has 8 heteroatoms. The van der Waals surface area contributed by atoms with Gasteiger partial charge in [-0.05, 0) is 77.3 Å². The van der Waals surface area contributed by atoms with Gasteiger partial charge in [-0.1, -0.05) is 43.8 Å². The van der Waals surface area contributed by atoms with Crippen molar-refractivity contribution in [2.75, 3.05) is 76.3 Å². The number of nitriles is 1. The van der Waals surface area contributed by atoms with Crippen LogP contribution in [0.1, 0.15) is 55.8 Å². The lowest BCUT2D eigenvalue weighted by Crippen LogP contribution is -2.52. The Hall–Kier alpha value is -3.67. The molecule has 0 saturated carbocycles. The van der Waals surface area contributed by atoms with Crippen molar-refractivity contribution in [2.45, 2.75) is 65.5 Å². The van der Waals surface area contributed by atoms with Gasteiger partial charge in [-0.25, -0.2) is 9.97 Å². The Balaban J connectivity index is 0.000000277. The van der Waals surface area contributed by atoms with Gasteiger partial charge in [-0.15, -0.1) is 0 Å². The van der Waals surface area contributed by atoms with Crippen LogP contribution in [-0.4, -0.2) is 97.2 Å². The highest BCUT2D eigenvalue weighted by Crippen LogP contribution is 2.35. The lowest BCUT2D eigenvalue weighted by molar-refractivity contribution is 0.220. The second-order valence-electron chi connectivity index (χ2n) is 13.0. The predicted molar refractivity (Wildman–Crippen MR) is 187 cm³/mol. The molecule has 1 aromatic heterocycles. The number of rotatable bonds is 5. The molecular weight excluding hydrogens is 556 g/mol. The molecule has 45 heavy (non-hydrogen) atoms. The van der Waals surface area contributed by atoms with E-state index in [1.807, 2.05) is 6.92 Å². The Labute approximate surface area is 270 Å². The maximum atomic E-state index is 9.27. The number of piperazine rings is 1. The molecule has 8 nitrogen and oxygen atoms in total. The molecule has 2 aromatic carbocycles. The van der Waals surface area contributed by atoms with E-state index >= 15 is 0 Å². The van der Waals surface area contributed by atoms with Crippen LogP contribution >= 0.6 is 0 Å². The molecule has 7 rings (SSSR count). The van der Waals surface area contributed by atoms with Crippen molar-refractivity contribution in [3.8, 4) is 6.07 Å². The van der Waals surface area contributed by atoms with Crippen LogP contribution in [0.3, 0.4) is 0 Å². The van der Waals surface area contributed by atoms with Gasteiger partial charge in [0.1, 0.15) is 11.6 Å². The zero-order valence-corrected chi connectivity index (χ0v) is 28.2. The van der Waals surface area contributed by atoms with Gasteiger partial charge in [0, 0.05) is 74.1 Å². The molecule has 0 radical (unpaired) electrons. The van der Waals surface area contributed by atoms with E-state index in [1.165, 1.54) is 72.3 Å². The first-order valence-electron chi connectivity index (χ1n) is 16.8. The molecule has 0 N–H and O–H groups in total. The van der Waals surface area contributed by atoms with Crippen LogP contribution in [0, 0.1) is 18.3 Å². The highest BCUT2D eigenvalue weighted by atomic mass is 15.3. The third-order valence-electron chi connectivity index (χ3n) is 9.56. The second kappa shape index (κ2) is 15.1. The van der Waals surface area contributed by atoms with Gasteiger partial charge in [0.25, 0.3) is 0 Å². The molecule has 1 unspecified atom stereocenters. The zero-order chi connectivity index (χ0) is 31.9. The highest BCUT2D eigenvalue weighted by Gasteiger charge is 2.30. The van der Waals surface area contributed by atoms with E-state index in [1.54, 1.807) is 0 Å². The van der Waals surface area contributed by atoms with Gasteiger partial charge in [0.15, 0.2) is 0 Å². The van der Waals surface area contributed by atoms with Gasteiger partial charge in [0.05, 0.1) is 24.7 Å². The highest BCUT2D eigenvalue weighted by molar-refractivity contribution is 5.97. The topological polar surface area (TPSA) is 65.5 Å². The van der Waals surface area contributed by atoms with Crippen LogP contribution < -0.4 is 9.80 Å². The Bertz CT molecular complexity index is 1500. The standard InChI is InChI=1S/C27H32N6.C5H9N.C5H11N/c1-4-25-29-23-18-32(24-10-6-9-20-8-5-7-19(2)26(20)24)14-12-22(23)27(30-25)33-16-15-31(3)21(17-33)11-13-28;1-5(2)6-3-4-6;1-6-4-2-3-5-6/h5-10,21H,4,11-12,14-18H2,1-3H3;1,3-4H2,2H3;2-5H2,1H3. The Morgan fingerprint density at radius 1 is 0.956 bits per heavy atom. The summed E-state index contributed by atoms with van der Waals surface area (Å²) in [5.74, 6) is 2.01. The molecule has 0 amide bonds. The van der Waals surface area contributed by atoms with E-state index in [9.17, 15) is 5.26 Å². The normalized spacial score (nSPS) is 19.6. The lowest BCUT2D eigenvalue weighted by atomic mass is 9.99. The molecular formula is C37H52N8. The second-order valence-corrected chi connectivity index (χ2v) is 13.0. The summed E-state index contributed by atoms with van der Waals surface area (Å²) in [5, 5.41) is 11.9. The molecule has 4 aliphatic heterocycles. The third kappa shape index (κ3) is 8.14. The van der Waals surface area contributed by atoms with Crippen LogP contribution in [-0.2, 0) is 19.4 Å². The van der Waals surface area contributed by atoms with Crippen LogP contribution in [0.15, 0.2) is 48.7 Å². The average molecular weight is 609 g/mol. The van der Waals surface area contributed by atoms with E-state index in [2.05, 4.69) is 101 Å². The first-order chi connectivity index (χ1) is 21.8. The van der Waals surface area contributed by atoms with Crippen LogP contribution in [0.4, 0.5) is 11.5 Å². The van der Waals surface area contributed by atoms with E-state index < -0.39 is 0 Å². The summed E-state index contributed by atoms with van der Waals surface area (Å²) >= 11 is 0. The number of nitrogens with zero attached hydrogens (tertiary/aromatic N) is 8. The van der Waals surface area contributed by atoms with E-state index in [4.69, 9.17) is 9.97 Å². The number of likely N-dealkylation sites (tertiary alicyclic amines) is 1. The number of hydrogen-bond donors (Lipinski definition) is 0. The van der Waals surface area contributed by atoms with Gasteiger partial charge in [0.2, 0.25) is 0 Å². The molecule has 3 fully saturated rings. The van der Waals surface area contributed by atoms with Crippen LogP contribution in [0.2, 0.25) is 0 Å². The number of aryl methyl sites for hydroxylation is 2. The Morgan fingerprint density at radius 3 is 2.29 bits per heavy atom. The summed E-state index contributed by atoms with van der Waals surface area (Å²) in [6.45, 7) is 19.7. The fraction of sp³-hybridized carbons (Fsp3) is 0.541. The Morgan fingerprint density at radius 2 is 1.69 bits per heavy atom. The average Bonchev–Trinajstić information content (AvgIpc) is 3.81. The van der Waals surface area contributed by atoms with E-state index in [-0.39, 0.29) is 6.04 Å². The Kier molecular flexibility index (Phi) is 11.0. The van der Waals surface area contributed by atoms with Crippen molar-refractivity contribution < 1.29 is 0 Å². The molecule has 3 saturated heterocycles. The molecule has 0 aliphatic carbocycles.